The molecular formula is C15H10N2S. The summed E-state index contributed by atoms with van der Waals surface area (Å²) in [7, 11) is 0. The van der Waals surface area contributed by atoms with Crippen molar-refractivity contribution in [2.24, 2.45) is 0 Å². The van der Waals surface area contributed by atoms with Crippen LogP contribution in [0.3, 0.4) is 0 Å². The highest BCUT2D eigenvalue weighted by molar-refractivity contribution is 7.21. The Morgan fingerprint density at radius 2 is 1.78 bits per heavy atom. The van der Waals surface area contributed by atoms with Gasteiger partial charge in [0.1, 0.15) is 5.01 Å². The molecule has 0 saturated carbocycles. The molecule has 0 aliphatic rings. The fourth-order valence-electron chi connectivity index (χ4n) is 2.18. The predicted octanol–water partition coefficient (Wildman–Crippen LogP) is 4.44. The van der Waals surface area contributed by atoms with E-state index in [1.807, 2.05) is 12.1 Å². The lowest BCUT2D eigenvalue weighted by molar-refractivity contribution is 1.40. The van der Waals surface area contributed by atoms with Crippen molar-refractivity contribution >= 4 is 32.5 Å². The SMILES string of the molecule is c1ccc2[nH]c(-c3nc4ccccc4s3)cc2c1. The van der Waals surface area contributed by atoms with Gasteiger partial charge >= 0.3 is 0 Å². The highest BCUT2D eigenvalue weighted by Crippen LogP contribution is 2.31. The number of hydrogen-bond donors (Lipinski definition) is 1. The second-order valence-corrected chi connectivity index (χ2v) is 5.29. The number of rotatable bonds is 1. The van der Waals surface area contributed by atoms with Gasteiger partial charge in [0.05, 0.1) is 15.9 Å². The van der Waals surface area contributed by atoms with E-state index in [1.165, 1.54) is 10.1 Å². The number of thiazole rings is 1. The molecule has 86 valence electrons. The van der Waals surface area contributed by atoms with Crippen LogP contribution in [0.4, 0.5) is 0 Å². The summed E-state index contributed by atoms with van der Waals surface area (Å²) in [6.07, 6.45) is 0. The van der Waals surface area contributed by atoms with Gasteiger partial charge in [0.2, 0.25) is 0 Å². The van der Waals surface area contributed by atoms with Crippen LogP contribution in [0.5, 0.6) is 0 Å². The molecule has 4 rings (SSSR count). The Bertz CT molecular complexity index is 704. The van der Waals surface area contributed by atoms with Gasteiger partial charge in [-0.15, -0.1) is 11.3 Å². The van der Waals surface area contributed by atoms with Crippen molar-refractivity contribution in [2.75, 3.05) is 0 Å². The van der Waals surface area contributed by atoms with Crippen molar-refractivity contribution in [1.29, 1.82) is 0 Å². The van der Waals surface area contributed by atoms with E-state index in [4.69, 9.17) is 0 Å². The molecule has 1 N–H and O–H groups in total. The largest absolute Gasteiger partial charge is 0.353 e. The molecule has 0 amide bonds. The number of fused-ring (bicyclic) bond motifs is 2. The van der Waals surface area contributed by atoms with Crippen LogP contribution in [0, 0.1) is 0 Å². The first-order valence-corrected chi connectivity index (χ1v) is 6.65. The Morgan fingerprint density at radius 3 is 2.67 bits per heavy atom. The average molecular weight is 250 g/mol. The van der Waals surface area contributed by atoms with Gasteiger partial charge in [-0.3, -0.25) is 0 Å². The van der Waals surface area contributed by atoms with Crippen molar-refractivity contribution in [2.45, 2.75) is 0 Å². The van der Waals surface area contributed by atoms with Gasteiger partial charge in [-0.25, -0.2) is 4.98 Å². The molecule has 3 heteroatoms. The lowest BCUT2D eigenvalue weighted by atomic mass is 10.2. The molecular weight excluding hydrogens is 240 g/mol. The lowest BCUT2D eigenvalue weighted by Crippen LogP contribution is -1.73. The molecule has 4 aromatic rings. The Kier molecular flexibility index (Phi) is 2.02. The van der Waals surface area contributed by atoms with Crippen LogP contribution < -0.4 is 0 Å². The minimum atomic E-state index is 1.05. The Morgan fingerprint density at radius 1 is 0.944 bits per heavy atom. The monoisotopic (exact) mass is 250 g/mol. The maximum Gasteiger partial charge on any atom is 0.140 e. The zero-order valence-electron chi connectivity index (χ0n) is 9.55. The van der Waals surface area contributed by atoms with Crippen LogP contribution in [0.15, 0.2) is 54.6 Å². The van der Waals surface area contributed by atoms with Crippen molar-refractivity contribution < 1.29 is 0 Å². The number of nitrogens with zero attached hydrogens (tertiary/aromatic N) is 1. The Hall–Kier alpha value is -2.13. The highest BCUT2D eigenvalue weighted by Gasteiger charge is 2.08. The molecule has 0 aliphatic carbocycles. The van der Waals surface area contributed by atoms with E-state index in [0.29, 0.717) is 0 Å². The van der Waals surface area contributed by atoms with E-state index in [1.54, 1.807) is 11.3 Å². The quantitative estimate of drug-likeness (QED) is 0.531. The summed E-state index contributed by atoms with van der Waals surface area (Å²) in [6, 6.07) is 18.7. The third kappa shape index (κ3) is 1.45. The van der Waals surface area contributed by atoms with Crippen LogP contribution in [0.2, 0.25) is 0 Å². The minimum Gasteiger partial charge on any atom is -0.353 e. The molecule has 18 heavy (non-hydrogen) atoms. The molecule has 0 atom stereocenters. The lowest BCUT2D eigenvalue weighted by Gasteiger charge is -1.87. The van der Waals surface area contributed by atoms with Gasteiger partial charge in [0.25, 0.3) is 0 Å². The number of hydrogen-bond acceptors (Lipinski definition) is 2. The number of aromatic nitrogens is 2. The van der Waals surface area contributed by atoms with Crippen molar-refractivity contribution in [3.63, 3.8) is 0 Å². The fourth-order valence-corrected chi connectivity index (χ4v) is 3.11. The van der Waals surface area contributed by atoms with E-state index in [9.17, 15) is 0 Å². The summed E-state index contributed by atoms with van der Waals surface area (Å²) in [6.45, 7) is 0. The van der Waals surface area contributed by atoms with Gasteiger partial charge in [-0.1, -0.05) is 30.3 Å². The second-order valence-electron chi connectivity index (χ2n) is 4.26. The number of H-pyrrole nitrogens is 1. The van der Waals surface area contributed by atoms with Crippen molar-refractivity contribution in [3.8, 4) is 10.7 Å². The van der Waals surface area contributed by atoms with Crippen molar-refractivity contribution in [1.82, 2.24) is 9.97 Å². The van der Waals surface area contributed by atoms with E-state index >= 15 is 0 Å². The van der Waals surface area contributed by atoms with E-state index in [2.05, 4.69) is 52.4 Å². The van der Waals surface area contributed by atoms with Crippen LogP contribution in [0.1, 0.15) is 0 Å². The number of benzene rings is 2. The minimum absolute atomic E-state index is 1.05. The van der Waals surface area contributed by atoms with E-state index in [-0.39, 0.29) is 0 Å². The third-order valence-electron chi connectivity index (χ3n) is 3.05. The molecule has 0 spiro atoms. The van der Waals surface area contributed by atoms with E-state index in [0.717, 1.165) is 21.7 Å². The summed E-state index contributed by atoms with van der Waals surface area (Å²) < 4.78 is 1.23. The molecule has 0 aliphatic heterocycles. The zero-order valence-corrected chi connectivity index (χ0v) is 10.4. The van der Waals surface area contributed by atoms with Gasteiger partial charge in [0, 0.05) is 10.9 Å². The van der Waals surface area contributed by atoms with Crippen molar-refractivity contribution in [3.05, 3.63) is 54.6 Å². The number of aromatic amines is 1. The highest BCUT2D eigenvalue weighted by atomic mass is 32.1. The average Bonchev–Trinajstić information content (AvgIpc) is 3.02. The first-order chi connectivity index (χ1) is 8.90. The summed E-state index contributed by atoms with van der Waals surface area (Å²) in [4.78, 5) is 8.09. The summed E-state index contributed by atoms with van der Waals surface area (Å²) >= 11 is 1.72. The molecule has 2 heterocycles. The molecule has 0 saturated heterocycles. The van der Waals surface area contributed by atoms with Crippen LogP contribution in [0.25, 0.3) is 31.8 Å². The topological polar surface area (TPSA) is 28.7 Å². The van der Waals surface area contributed by atoms with E-state index < -0.39 is 0 Å². The summed E-state index contributed by atoms with van der Waals surface area (Å²) in [5.41, 5.74) is 3.32. The summed E-state index contributed by atoms with van der Waals surface area (Å²) in [5, 5.41) is 2.28. The molecule has 0 radical (unpaired) electrons. The predicted molar refractivity (Wildman–Crippen MR) is 76.9 cm³/mol. The van der Waals surface area contributed by atoms with Gasteiger partial charge in [-0.2, -0.15) is 0 Å². The standard InChI is InChI=1S/C15H10N2S/c1-2-6-11-10(5-1)9-13(16-11)15-17-12-7-3-4-8-14(12)18-15/h1-9,16H. The third-order valence-corrected chi connectivity index (χ3v) is 4.12. The maximum atomic E-state index is 4.67. The fraction of sp³-hybridized carbons (Fsp3) is 0. The van der Waals surface area contributed by atoms with Crippen LogP contribution in [-0.4, -0.2) is 9.97 Å². The zero-order chi connectivity index (χ0) is 11.9. The Balaban J connectivity index is 1.95. The Labute approximate surface area is 108 Å². The van der Waals surface area contributed by atoms with Crippen LogP contribution in [-0.2, 0) is 0 Å². The molecule has 2 aromatic heterocycles. The molecule has 0 bridgehead atoms. The second kappa shape index (κ2) is 3.68. The van der Waals surface area contributed by atoms with Gasteiger partial charge in [0.15, 0.2) is 0 Å². The first-order valence-electron chi connectivity index (χ1n) is 5.84. The van der Waals surface area contributed by atoms with Gasteiger partial charge in [-0.05, 0) is 24.3 Å². The van der Waals surface area contributed by atoms with Crippen LogP contribution >= 0.6 is 11.3 Å². The molecule has 2 aromatic carbocycles. The first kappa shape index (κ1) is 9.85. The maximum absolute atomic E-state index is 4.67. The van der Waals surface area contributed by atoms with Gasteiger partial charge < -0.3 is 4.98 Å². The molecule has 0 unspecified atom stereocenters. The molecule has 0 fully saturated rings. The summed E-state index contributed by atoms with van der Waals surface area (Å²) in [5.74, 6) is 0. The smallest absolute Gasteiger partial charge is 0.140 e. The number of para-hydroxylation sites is 2. The normalized spacial score (nSPS) is 11.3. The molecule has 2 nitrogen and oxygen atoms in total. The number of nitrogens with one attached hydrogen (secondary N) is 1.